The fourth-order valence-corrected chi connectivity index (χ4v) is 9.39. The van der Waals surface area contributed by atoms with Crippen LogP contribution < -0.4 is 20.7 Å². The summed E-state index contributed by atoms with van der Waals surface area (Å²) in [5.74, 6) is -2.61. The van der Waals surface area contributed by atoms with Crippen LogP contribution in [0.2, 0.25) is 0 Å². The lowest BCUT2D eigenvalue weighted by molar-refractivity contribution is -0.141. The SMILES string of the molecule is CC(C)(C)OC(=O)N[C@H]1CCCCCC=CC2C[C@@]2(C(=O)NS(=O)(=O)N2CCCC2)NC(=O)[C@@H]2C[C@@H](OC(=O)NC(CN3CCOCC3)c3ccccc3)CN2C1=O. The lowest BCUT2D eigenvalue weighted by Gasteiger charge is -2.31. The van der Waals surface area contributed by atoms with Crippen LogP contribution >= 0.6 is 0 Å². The van der Waals surface area contributed by atoms with Crippen molar-refractivity contribution in [3.63, 3.8) is 0 Å². The van der Waals surface area contributed by atoms with Crippen LogP contribution in [0.3, 0.4) is 0 Å². The first-order valence-corrected chi connectivity index (χ1v) is 22.0. The number of carbonyl (C=O) groups is 5. The topological polar surface area (TPSA) is 205 Å². The van der Waals surface area contributed by atoms with E-state index in [0.29, 0.717) is 58.5 Å². The van der Waals surface area contributed by atoms with E-state index >= 15 is 0 Å². The molecule has 6 rings (SSSR count). The summed E-state index contributed by atoms with van der Waals surface area (Å²) in [6, 6.07) is 6.78. The van der Waals surface area contributed by atoms with Crippen molar-refractivity contribution in [2.75, 3.05) is 52.5 Å². The molecule has 4 aliphatic heterocycles. The number of amides is 5. The number of rotatable bonds is 9. The Kier molecular flexibility index (Phi) is 14.0. The minimum absolute atomic E-state index is 0.103. The summed E-state index contributed by atoms with van der Waals surface area (Å²) in [6.07, 6.45) is 5.73. The molecule has 18 heteroatoms. The normalized spacial score (nSPS) is 28.2. The lowest BCUT2D eigenvalue weighted by atomic mass is 10.0. The Balaban J connectivity index is 1.24. The highest BCUT2D eigenvalue weighted by Gasteiger charge is 2.62. The second kappa shape index (κ2) is 18.8. The molecule has 5 amide bonds. The van der Waals surface area contributed by atoms with Crippen molar-refractivity contribution < 1.29 is 46.6 Å². The Morgan fingerprint density at radius 1 is 0.983 bits per heavy atom. The maximum atomic E-state index is 14.5. The lowest BCUT2D eigenvalue weighted by Crippen LogP contribution is -2.59. The molecule has 58 heavy (non-hydrogen) atoms. The Labute approximate surface area is 341 Å². The molecule has 0 radical (unpaired) electrons. The van der Waals surface area contributed by atoms with Crippen molar-refractivity contribution >= 4 is 40.1 Å². The summed E-state index contributed by atoms with van der Waals surface area (Å²) in [4.78, 5) is 73.0. The van der Waals surface area contributed by atoms with E-state index in [1.165, 1.54) is 9.21 Å². The fraction of sp³-hybridized carbons (Fsp3) is 0.675. The monoisotopic (exact) mass is 829 g/mol. The summed E-state index contributed by atoms with van der Waals surface area (Å²) < 4.78 is 46.8. The first-order chi connectivity index (χ1) is 27.6. The standard InChI is InChI=1S/C40H59N7O10S/c1-39(2,3)57-38(52)41-31-17-11-6-4-5-10-16-29-25-40(29,36(50)44-58(53,54)46-18-12-13-19-46)43-34(48)33-24-30(26-47(33)35(31)49)56-37(51)42-32(28-14-8-7-9-15-28)27-45-20-22-55-23-21-45/h7-10,14-16,29-33H,4-6,11-13,17-27H2,1-3H3,(H,41,52)(H,42,51)(H,43,48)(H,44,50)/t29?,30-,31+,32?,33+,40-/m1/s1. The predicted octanol–water partition coefficient (Wildman–Crippen LogP) is 2.50. The van der Waals surface area contributed by atoms with Gasteiger partial charge in [0, 0.05) is 45.1 Å². The summed E-state index contributed by atoms with van der Waals surface area (Å²) >= 11 is 0. The van der Waals surface area contributed by atoms with Gasteiger partial charge < -0.3 is 35.1 Å². The van der Waals surface area contributed by atoms with Crippen LogP contribution in [0.15, 0.2) is 42.5 Å². The van der Waals surface area contributed by atoms with Crippen LogP contribution in [0.1, 0.15) is 90.2 Å². The summed E-state index contributed by atoms with van der Waals surface area (Å²) in [5.41, 5.74) is -1.54. The van der Waals surface area contributed by atoms with E-state index in [1.54, 1.807) is 20.8 Å². The molecule has 1 saturated carbocycles. The van der Waals surface area contributed by atoms with Gasteiger partial charge in [0.05, 0.1) is 25.8 Å². The Hall–Kier alpha value is -4.26. The number of nitrogens with zero attached hydrogens (tertiary/aromatic N) is 3. The number of ether oxygens (including phenoxy) is 3. The molecule has 320 valence electrons. The first kappa shape index (κ1) is 43.3. The summed E-state index contributed by atoms with van der Waals surface area (Å²) in [7, 11) is -4.16. The van der Waals surface area contributed by atoms with Gasteiger partial charge in [-0.3, -0.25) is 19.3 Å². The van der Waals surface area contributed by atoms with Crippen LogP contribution in [-0.2, 0) is 38.8 Å². The third-order valence-electron chi connectivity index (χ3n) is 11.3. The third kappa shape index (κ3) is 11.3. The van der Waals surface area contributed by atoms with Crippen LogP contribution in [-0.4, -0.2) is 134 Å². The zero-order chi connectivity index (χ0) is 41.5. The van der Waals surface area contributed by atoms with Gasteiger partial charge in [0.25, 0.3) is 5.91 Å². The van der Waals surface area contributed by atoms with Crippen molar-refractivity contribution in [2.24, 2.45) is 5.92 Å². The van der Waals surface area contributed by atoms with Gasteiger partial charge in [0.2, 0.25) is 11.8 Å². The molecular weight excluding hydrogens is 771 g/mol. The van der Waals surface area contributed by atoms with Gasteiger partial charge in [-0.2, -0.15) is 12.7 Å². The van der Waals surface area contributed by atoms with E-state index in [-0.39, 0.29) is 38.9 Å². The highest BCUT2D eigenvalue weighted by molar-refractivity contribution is 7.87. The predicted molar refractivity (Wildman–Crippen MR) is 212 cm³/mol. The highest BCUT2D eigenvalue weighted by atomic mass is 32.2. The van der Waals surface area contributed by atoms with Crippen LogP contribution in [0, 0.1) is 5.92 Å². The van der Waals surface area contributed by atoms with E-state index in [9.17, 15) is 32.4 Å². The molecule has 4 heterocycles. The summed E-state index contributed by atoms with van der Waals surface area (Å²) in [6.45, 7) is 8.63. The summed E-state index contributed by atoms with van der Waals surface area (Å²) in [5, 5.41) is 8.54. The zero-order valence-corrected chi connectivity index (χ0v) is 34.6. The molecule has 2 unspecified atom stereocenters. The Morgan fingerprint density at radius 3 is 2.41 bits per heavy atom. The van der Waals surface area contributed by atoms with E-state index < -0.39 is 81.4 Å². The second-order valence-corrected chi connectivity index (χ2v) is 18.5. The van der Waals surface area contributed by atoms with Crippen LogP contribution in [0.5, 0.6) is 0 Å². The van der Waals surface area contributed by atoms with Gasteiger partial charge in [-0.1, -0.05) is 55.3 Å². The van der Waals surface area contributed by atoms with Crippen molar-refractivity contribution in [3.8, 4) is 0 Å². The van der Waals surface area contributed by atoms with Crippen molar-refractivity contribution in [1.29, 1.82) is 0 Å². The third-order valence-corrected chi connectivity index (χ3v) is 12.8. The van der Waals surface area contributed by atoms with Crippen molar-refractivity contribution in [2.45, 2.75) is 114 Å². The van der Waals surface area contributed by atoms with Gasteiger partial charge in [0.15, 0.2) is 0 Å². The average Bonchev–Trinajstić information content (AvgIpc) is 3.47. The number of carbonyl (C=O) groups excluding carboxylic acids is 5. The number of hydrogen-bond donors (Lipinski definition) is 4. The highest BCUT2D eigenvalue weighted by Crippen LogP contribution is 2.46. The Bertz CT molecular complexity index is 1780. The van der Waals surface area contributed by atoms with Crippen LogP contribution in [0.4, 0.5) is 9.59 Å². The minimum atomic E-state index is -4.16. The van der Waals surface area contributed by atoms with Crippen LogP contribution in [0.25, 0.3) is 0 Å². The molecule has 5 aliphatic rings. The number of alkyl carbamates (subject to hydrolysis) is 2. The van der Waals surface area contributed by atoms with Gasteiger partial charge in [-0.25, -0.2) is 14.3 Å². The maximum Gasteiger partial charge on any atom is 0.408 e. The quantitative estimate of drug-likeness (QED) is 0.266. The number of allylic oxidation sites excluding steroid dienone is 1. The Morgan fingerprint density at radius 2 is 1.71 bits per heavy atom. The number of morpholine rings is 1. The molecule has 17 nitrogen and oxygen atoms in total. The zero-order valence-electron chi connectivity index (χ0n) is 33.8. The number of nitrogens with one attached hydrogen (secondary N) is 4. The van der Waals surface area contributed by atoms with E-state index in [4.69, 9.17) is 14.2 Å². The molecule has 4 fully saturated rings. The molecule has 0 spiro atoms. The molecule has 0 aromatic heterocycles. The smallest absolute Gasteiger partial charge is 0.408 e. The average molecular weight is 830 g/mol. The van der Waals surface area contributed by atoms with Gasteiger partial charge >= 0.3 is 22.4 Å². The number of benzene rings is 1. The number of hydrogen-bond acceptors (Lipinski definition) is 11. The van der Waals surface area contributed by atoms with Gasteiger partial charge in [-0.05, 0) is 64.9 Å². The molecule has 6 atom stereocenters. The van der Waals surface area contributed by atoms with Crippen molar-refractivity contribution in [1.82, 2.24) is 34.8 Å². The fourth-order valence-electron chi connectivity index (χ4n) is 8.11. The van der Waals surface area contributed by atoms with Gasteiger partial charge in [-0.15, -0.1) is 0 Å². The molecule has 4 N–H and O–H groups in total. The molecular formula is C40H59N7O10S. The second-order valence-electron chi connectivity index (χ2n) is 16.9. The van der Waals surface area contributed by atoms with E-state index in [0.717, 1.165) is 18.4 Å². The van der Waals surface area contributed by atoms with E-state index in [1.807, 2.05) is 42.5 Å². The molecule has 1 aromatic carbocycles. The minimum Gasteiger partial charge on any atom is -0.444 e. The molecule has 1 aromatic rings. The largest absolute Gasteiger partial charge is 0.444 e. The van der Waals surface area contributed by atoms with Crippen molar-refractivity contribution in [3.05, 3.63) is 48.0 Å². The molecule has 3 saturated heterocycles. The van der Waals surface area contributed by atoms with Gasteiger partial charge in [0.1, 0.15) is 29.3 Å². The molecule has 1 aliphatic carbocycles. The molecule has 0 bridgehead atoms. The first-order valence-electron chi connectivity index (χ1n) is 20.6. The maximum absolute atomic E-state index is 14.5. The number of fused-ring (bicyclic) bond motifs is 2. The van der Waals surface area contributed by atoms with E-state index in [2.05, 4.69) is 25.6 Å².